The molecule has 0 saturated heterocycles. The summed E-state index contributed by atoms with van der Waals surface area (Å²) in [5, 5.41) is 10.4. The Morgan fingerprint density at radius 1 is 0.967 bits per heavy atom. The lowest BCUT2D eigenvalue weighted by molar-refractivity contribution is 0.0827. The maximum absolute atomic E-state index is 12.0. The molecule has 5 nitrogen and oxygen atoms in total. The average molecular weight is 402 g/mol. The lowest BCUT2D eigenvalue weighted by Gasteiger charge is -2.16. The molecule has 0 saturated carbocycles. The van der Waals surface area contributed by atoms with E-state index in [2.05, 4.69) is 29.2 Å². The maximum atomic E-state index is 12.0. The number of carbonyl (C=O) groups is 1. The van der Waals surface area contributed by atoms with Crippen LogP contribution in [0.1, 0.15) is 32.6 Å². The van der Waals surface area contributed by atoms with E-state index >= 15 is 0 Å². The Hall–Kier alpha value is -3.31. The van der Waals surface area contributed by atoms with Crippen LogP contribution in [0.15, 0.2) is 66.7 Å². The maximum Gasteiger partial charge on any atom is 0.253 e. The van der Waals surface area contributed by atoms with Crippen molar-refractivity contribution in [1.82, 2.24) is 9.80 Å². The van der Waals surface area contributed by atoms with Crippen molar-refractivity contribution in [3.8, 4) is 11.5 Å². The molecule has 0 bridgehead atoms. The summed E-state index contributed by atoms with van der Waals surface area (Å²) in [5.74, 6) is 0.567. The summed E-state index contributed by atoms with van der Waals surface area (Å²) in [7, 11) is 3.46. The van der Waals surface area contributed by atoms with Crippen LogP contribution in [-0.2, 0) is 26.2 Å². The van der Waals surface area contributed by atoms with Gasteiger partial charge in [0.1, 0.15) is 6.61 Å². The fraction of sp³-hybridized carbons (Fsp3) is 0.240. The third kappa shape index (κ3) is 4.47. The minimum atomic E-state index is -0.0307. The van der Waals surface area contributed by atoms with Gasteiger partial charge >= 0.3 is 0 Å². The van der Waals surface area contributed by atoms with Crippen LogP contribution >= 0.6 is 0 Å². The number of hydrogen-bond donors (Lipinski definition) is 1. The first kappa shape index (κ1) is 20.0. The number of benzene rings is 3. The molecule has 1 N–H and O–H groups in total. The molecule has 1 heterocycles. The summed E-state index contributed by atoms with van der Waals surface area (Å²) in [6.45, 7) is 2.97. The molecule has 0 atom stereocenters. The zero-order chi connectivity index (χ0) is 21.1. The van der Waals surface area contributed by atoms with Gasteiger partial charge in [-0.3, -0.25) is 9.69 Å². The van der Waals surface area contributed by atoms with Gasteiger partial charge in [0, 0.05) is 39.3 Å². The number of phenols is 1. The van der Waals surface area contributed by atoms with Gasteiger partial charge in [-0.15, -0.1) is 0 Å². The molecule has 0 aliphatic carbocycles. The highest BCUT2D eigenvalue weighted by molar-refractivity contribution is 5.93. The van der Waals surface area contributed by atoms with Crippen LogP contribution in [0.3, 0.4) is 0 Å². The van der Waals surface area contributed by atoms with Crippen molar-refractivity contribution in [2.75, 3.05) is 14.1 Å². The van der Waals surface area contributed by atoms with Crippen LogP contribution in [0.25, 0.3) is 0 Å². The Morgan fingerprint density at radius 3 is 2.20 bits per heavy atom. The first-order chi connectivity index (χ1) is 14.5. The second-order valence-electron chi connectivity index (χ2n) is 7.90. The summed E-state index contributed by atoms with van der Waals surface area (Å²) in [6.07, 6.45) is 0. The normalized spacial score (nSPS) is 13.1. The number of rotatable bonds is 6. The van der Waals surface area contributed by atoms with Crippen molar-refractivity contribution >= 4 is 5.91 Å². The Balaban J connectivity index is 1.34. The van der Waals surface area contributed by atoms with Crippen molar-refractivity contribution < 1.29 is 14.6 Å². The lowest BCUT2D eigenvalue weighted by Crippen LogP contribution is -2.21. The van der Waals surface area contributed by atoms with Crippen molar-refractivity contribution in [3.63, 3.8) is 0 Å². The van der Waals surface area contributed by atoms with Crippen molar-refractivity contribution in [3.05, 3.63) is 94.5 Å². The van der Waals surface area contributed by atoms with Crippen LogP contribution in [0, 0.1) is 0 Å². The molecule has 1 aliphatic heterocycles. The molecule has 0 aromatic heterocycles. The topological polar surface area (TPSA) is 53.0 Å². The van der Waals surface area contributed by atoms with Gasteiger partial charge < -0.3 is 14.7 Å². The van der Waals surface area contributed by atoms with E-state index in [9.17, 15) is 9.90 Å². The number of ether oxygens (including phenoxy) is 1. The summed E-state index contributed by atoms with van der Waals surface area (Å²) < 4.78 is 5.79. The number of phenolic OH excluding ortho intramolecular Hbond substituents is 1. The first-order valence-electron chi connectivity index (χ1n) is 10.0. The molecule has 0 spiro atoms. The average Bonchev–Trinajstić information content (AvgIpc) is 3.15. The molecule has 3 aromatic carbocycles. The predicted molar refractivity (Wildman–Crippen MR) is 116 cm³/mol. The van der Waals surface area contributed by atoms with E-state index in [0.29, 0.717) is 17.9 Å². The molecule has 154 valence electrons. The summed E-state index contributed by atoms with van der Waals surface area (Å²) in [4.78, 5) is 15.9. The monoisotopic (exact) mass is 402 g/mol. The number of fused-ring (bicyclic) bond motifs is 1. The third-order valence-electron chi connectivity index (χ3n) is 5.34. The van der Waals surface area contributed by atoms with E-state index in [1.807, 2.05) is 24.3 Å². The van der Waals surface area contributed by atoms with Gasteiger partial charge in [-0.05, 0) is 46.5 Å². The first-order valence-corrected chi connectivity index (χ1v) is 10.0. The Labute approximate surface area is 177 Å². The van der Waals surface area contributed by atoms with E-state index < -0.39 is 0 Å². The summed E-state index contributed by atoms with van der Waals surface area (Å²) in [6, 6.07) is 21.4. The molecular formula is C25H26N2O3. The van der Waals surface area contributed by atoms with E-state index in [0.717, 1.165) is 30.8 Å². The standard InChI is InChI=1S/C25H26N2O3/c1-26(2)25(29)20-10-7-18(8-11-20)17-30-24-12-9-19(13-23(24)28)14-27-15-21-5-3-4-6-22(21)16-27/h3-13,28H,14-17H2,1-2H3. The molecule has 4 rings (SSSR count). The molecule has 5 heteroatoms. The highest BCUT2D eigenvalue weighted by Crippen LogP contribution is 2.30. The van der Waals surface area contributed by atoms with Crippen LogP contribution in [0.2, 0.25) is 0 Å². The molecule has 30 heavy (non-hydrogen) atoms. The fourth-order valence-corrected chi connectivity index (χ4v) is 3.72. The van der Waals surface area contributed by atoms with E-state index in [1.165, 1.54) is 11.1 Å². The van der Waals surface area contributed by atoms with Crippen LogP contribution in [0.5, 0.6) is 11.5 Å². The van der Waals surface area contributed by atoms with Gasteiger partial charge in [0.15, 0.2) is 11.5 Å². The van der Waals surface area contributed by atoms with Crippen LogP contribution < -0.4 is 4.74 Å². The molecule has 1 aliphatic rings. The van der Waals surface area contributed by atoms with Gasteiger partial charge in [-0.25, -0.2) is 0 Å². The Bertz CT molecular complexity index is 1020. The summed E-state index contributed by atoms with van der Waals surface area (Å²) in [5.41, 5.74) is 5.38. The van der Waals surface area contributed by atoms with Crippen molar-refractivity contribution in [2.24, 2.45) is 0 Å². The number of amides is 1. The minimum absolute atomic E-state index is 0.0307. The molecule has 1 amide bonds. The quantitative estimate of drug-likeness (QED) is 0.672. The number of aromatic hydroxyl groups is 1. The second-order valence-corrected chi connectivity index (χ2v) is 7.90. The third-order valence-corrected chi connectivity index (χ3v) is 5.34. The van der Waals surface area contributed by atoms with Crippen LogP contribution in [-0.4, -0.2) is 34.9 Å². The highest BCUT2D eigenvalue weighted by Gasteiger charge is 2.18. The lowest BCUT2D eigenvalue weighted by atomic mass is 10.1. The highest BCUT2D eigenvalue weighted by atomic mass is 16.5. The molecule has 0 unspecified atom stereocenters. The Kier molecular flexibility index (Phi) is 5.72. The van der Waals surface area contributed by atoms with Gasteiger partial charge in [-0.2, -0.15) is 0 Å². The smallest absolute Gasteiger partial charge is 0.253 e. The number of nitrogens with zero attached hydrogens (tertiary/aromatic N) is 2. The Morgan fingerprint density at radius 2 is 1.60 bits per heavy atom. The molecule has 0 radical (unpaired) electrons. The van der Waals surface area contributed by atoms with Gasteiger partial charge in [0.25, 0.3) is 5.91 Å². The predicted octanol–water partition coefficient (Wildman–Crippen LogP) is 4.19. The van der Waals surface area contributed by atoms with E-state index in [-0.39, 0.29) is 11.7 Å². The van der Waals surface area contributed by atoms with Gasteiger partial charge in [0.05, 0.1) is 0 Å². The van der Waals surface area contributed by atoms with E-state index in [1.54, 1.807) is 37.2 Å². The number of hydrogen-bond acceptors (Lipinski definition) is 4. The fourth-order valence-electron chi connectivity index (χ4n) is 3.72. The second kappa shape index (κ2) is 8.59. The number of carbonyl (C=O) groups excluding carboxylic acids is 1. The zero-order valence-corrected chi connectivity index (χ0v) is 17.3. The van der Waals surface area contributed by atoms with E-state index in [4.69, 9.17) is 4.74 Å². The van der Waals surface area contributed by atoms with Gasteiger partial charge in [-0.1, -0.05) is 42.5 Å². The van der Waals surface area contributed by atoms with Gasteiger partial charge in [0.2, 0.25) is 0 Å². The minimum Gasteiger partial charge on any atom is -0.504 e. The zero-order valence-electron chi connectivity index (χ0n) is 17.3. The molecule has 0 fully saturated rings. The van der Waals surface area contributed by atoms with Crippen LogP contribution in [0.4, 0.5) is 0 Å². The largest absolute Gasteiger partial charge is 0.504 e. The SMILES string of the molecule is CN(C)C(=O)c1ccc(COc2ccc(CN3Cc4ccccc4C3)cc2O)cc1. The van der Waals surface area contributed by atoms with Crippen molar-refractivity contribution in [2.45, 2.75) is 26.2 Å². The molecule has 3 aromatic rings. The summed E-state index contributed by atoms with van der Waals surface area (Å²) >= 11 is 0. The van der Waals surface area contributed by atoms with Crippen molar-refractivity contribution in [1.29, 1.82) is 0 Å². The molecular weight excluding hydrogens is 376 g/mol.